The highest BCUT2D eigenvalue weighted by atomic mass is 16.5. The van der Waals surface area contributed by atoms with E-state index < -0.39 is 6.10 Å². The Bertz CT molecular complexity index is 764. The van der Waals surface area contributed by atoms with Gasteiger partial charge in [0.25, 0.3) is 0 Å². The molecule has 1 atom stereocenters. The van der Waals surface area contributed by atoms with Crippen molar-refractivity contribution in [2.75, 3.05) is 7.11 Å². The number of methoxy groups -OCH3 is 1. The molecule has 108 valence electrons. The molecular formula is C17H18N2O2. The highest BCUT2D eigenvalue weighted by molar-refractivity contribution is 5.87. The van der Waals surface area contributed by atoms with Crippen LogP contribution in [-0.2, 0) is 13.5 Å². The van der Waals surface area contributed by atoms with Crippen LogP contribution in [-0.4, -0.2) is 22.0 Å². The fourth-order valence-electron chi connectivity index (χ4n) is 2.56. The van der Waals surface area contributed by atoms with Gasteiger partial charge in [-0.15, -0.1) is 0 Å². The number of aromatic nitrogens is 2. The summed E-state index contributed by atoms with van der Waals surface area (Å²) in [6.07, 6.45) is 3.54. The molecule has 2 aromatic carbocycles. The number of aryl methyl sites for hydroxylation is 1. The predicted molar refractivity (Wildman–Crippen MR) is 82.4 cm³/mol. The summed E-state index contributed by atoms with van der Waals surface area (Å²) >= 11 is 0. The molecule has 0 aliphatic rings. The molecule has 1 heterocycles. The molecular weight excluding hydrogens is 264 g/mol. The molecule has 0 radical (unpaired) electrons. The maximum atomic E-state index is 10.4. The second kappa shape index (κ2) is 5.58. The first-order valence-corrected chi connectivity index (χ1v) is 6.89. The smallest absolute Gasteiger partial charge is 0.119 e. The molecule has 0 saturated heterocycles. The van der Waals surface area contributed by atoms with E-state index in [1.54, 1.807) is 18.0 Å². The van der Waals surface area contributed by atoms with Gasteiger partial charge < -0.3 is 9.84 Å². The van der Waals surface area contributed by atoms with E-state index in [1.165, 1.54) is 0 Å². The SMILES string of the molecule is COc1ccc2cccc(CC(O)c3cnn(C)c3)c2c1. The van der Waals surface area contributed by atoms with Crippen molar-refractivity contribution in [3.8, 4) is 5.75 Å². The van der Waals surface area contributed by atoms with E-state index >= 15 is 0 Å². The van der Waals surface area contributed by atoms with Crippen LogP contribution in [0.15, 0.2) is 48.8 Å². The van der Waals surface area contributed by atoms with Crippen molar-refractivity contribution >= 4 is 10.8 Å². The van der Waals surface area contributed by atoms with Gasteiger partial charge in [-0.1, -0.05) is 24.3 Å². The van der Waals surface area contributed by atoms with Crippen LogP contribution >= 0.6 is 0 Å². The van der Waals surface area contributed by atoms with Crippen LogP contribution in [0, 0.1) is 0 Å². The van der Waals surface area contributed by atoms with Gasteiger partial charge in [-0.25, -0.2) is 0 Å². The summed E-state index contributed by atoms with van der Waals surface area (Å²) in [5.74, 6) is 0.825. The van der Waals surface area contributed by atoms with Crippen molar-refractivity contribution in [1.82, 2.24) is 9.78 Å². The first-order valence-electron chi connectivity index (χ1n) is 6.89. The molecule has 0 fully saturated rings. The van der Waals surface area contributed by atoms with E-state index in [-0.39, 0.29) is 0 Å². The fourth-order valence-corrected chi connectivity index (χ4v) is 2.56. The van der Waals surface area contributed by atoms with Gasteiger partial charge in [0.1, 0.15) is 5.75 Å². The average molecular weight is 282 g/mol. The van der Waals surface area contributed by atoms with E-state index in [4.69, 9.17) is 4.74 Å². The van der Waals surface area contributed by atoms with E-state index in [0.29, 0.717) is 6.42 Å². The van der Waals surface area contributed by atoms with Gasteiger partial charge in [-0.05, 0) is 28.5 Å². The third-order valence-corrected chi connectivity index (χ3v) is 3.70. The number of hydrogen-bond acceptors (Lipinski definition) is 3. The Kier molecular flexibility index (Phi) is 3.62. The third-order valence-electron chi connectivity index (χ3n) is 3.70. The molecule has 4 nitrogen and oxygen atoms in total. The summed E-state index contributed by atoms with van der Waals surface area (Å²) in [4.78, 5) is 0. The molecule has 0 saturated carbocycles. The minimum Gasteiger partial charge on any atom is -0.497 e. The normalized spacial score (nSPS) is 12.5. The zero-order chi connectivity index (χ0) is 14.8. The van der Waals surface area contributed by atoms with Crippen LogP contribution in [0.25, 0.3) is 10.8 Å². The first kappa shape index (κ1) is 13.6. The summed E-state index contributed by atoms with van der Waals surface area (Å²) in [7, 11) is 3.51. The lowest BCUT2D eigenvalue weighted by atomic mass is 9.98. The summed E-state index contributed by atoms with van der Waals surface area (Å²) < 4.78 is 6.99. The number of nitrogens with zero attached hydrogens (tertiary/aromatic N) is 2. The Labute approximate surface area is 123 Å². The number of benzene rings is 2. The van der Waals surface area contributed by atoms with Crippen molar-refractivity contribution < 1.29 is 9.84 Å². The van der Waals surface area contributed by atoms with Crippen LogP contribution in [0.1, 0.15) is 17.2 Å². The number of fused-ring (bicyclic) bond motifs is 1. The standard InChI is InChI=1S/C17H18N2O2/c1-19-11-14(10-18-19)17(20)8-13-5-3-4-12-6-7-15(21-2)9-16(12)13/h3-7,9-11,17,20H,8H2,1-2H3. The summed E-state index contributed by atoms with van der Waals surface area (Å²) in [5.41, 5.74) is 1.93. The van der Waals surface area contributed by atoms with Crippen molar-refractivity contribution in [3.63, 3.8) is 0 Å². The number of aliphatic hydroxyl groups excluding tert-OH is 1. The van der Waals surface area contributed by atoms with Crippen LogP contribution in [0.5, 0.6) is 5.75 Å². The molecule has 0 bridgehead atoms. The monoisotopic (exact) mass is 282 g/mol. The van der Waals surface area contributed by atoms with Gasteiger partial charge in [-0.3, -0.25) is 4.68 Å². The third kappa shape index (κ3) is 2.76. The van der Waals surface area contributed by atoms with Crippen molar-refractivity contribution in [3.05, 3.63) is 59.9 Å². The summed E-state index contributed by atoms with van der Waals surface area (Å²) in [6, 6.07) is 12.1. The second-order valence-corrected chi connectivity index (χ2v) is 5.17. The van der Waals surface area contributed by atoms with Gasteiger partial charge in [0.05, 0.1) is 19.4 Å². The molecule has 0 aliphatic carbocycles. The van der Waals surface area contributed by atoms with Crippen molar-refractivity contribution in [1.29, 1.82) is 0 Å². The molecule has 21 heavy (non-hydrogen) atoms. The zero-order valence-corrected chi connectivity index (χ0v) is 12.2. The molecule has 0 amide bonds. The van der Waals surface area contributed by atoms with E-state index in [0.717, 1.165) is 27.6 Å². The van der Waals surface area contributed by atoms with Gasteiger partial charge in [0.2, 0.25) is 0 Å². The molecule has 3 aromatic rings. The topological polar surface area (TPSA) is 47.3 Å². The second-order valence-electron chi connectivity index (χ2n) is 5.17. The maximum absolute atomic E-state index is 10.4. The Morgan fingerprint density at radius 3 is 2.86 bits per heavy atom. The molecule has 0 spiro atoms. The highest BCUT2D eigenvalue weighted by Crippen LogP contribution is 2.27. The van der Waals surface area contributed by atoms with E-state index in [2.05, 4.69) is 11.2 Å². The lowest BCUT2D eigenvalue weighted by Gasteiger charge is -2.12. The molecule has 4 heteroatoms. The number of ether oxygens (including phenoxy) is 1. The lowest BCUT2D eigenvalue weighted by Crippen LogP contribution is -2.01. The number of hydrogen-bond donors (Lipinski definition) is 1. The van der Waals surface area contributed by atoms with Gasteiger partial charge >= 0.3 is 0 Å². The van der Waals surface area contributed by atoms with Gasteiger partial charge in [0.15, 0.2) is 0 Å². The summed E-state index contributed by atoms with van der Waals surface area (Å²) in [6.45, 7) is 0. The molecule has 1 aromatic heterocycles. The largest absolute Gasteiger partial charge is 0.497 e. The Morgan fingerprint density at radius 2 is 2.14 bits per heavy atom. The molecule has 3 rings (SSSR count). The van der Waals surface area contributed by atoms with Crippen LogP contribution < -0.4 is 4.74 Å². The number of aliphatic hydroxyl groups is 1. The molecule has 1 N–H and O–H groups in total. The Hall–Kier alpha value is -2.33. The minimum atomic E-state index is -0.560. The van der Waals surface area contributed by atoms with E-state index in [1.807, 2.05) is 43.6 Å². The first-order chi connectivity index (χ1) is 10.2. The average Bonchev–Trinajstić information content (AvgIpc) is 2.94. The van der Waals surface area contributed by atoms with Crippen LogP contribution in [0.2, 0.25) is 0 Å². The van der Waals surface area contributed by atoms with Crippen LogP contribution in [0.3, 0.4) is 0 Å². The predicted octanol–water partition coefficient (Wildman–Crippen LogP) is 2.86. The highest BCUT2D eigenvalue weighted by Gasteiger charge is 2.12. The van der Waals surface area contributed by atoms with Crippen molar-refractivity contribution in [2.24, 2.45) is 7.05 Å². The quantitative estimate of drug-likeness (QED) is 0.800. The molecule has 1 unspecified atom stereocenters. The van der Waals surface area contributed by atoms with E-state index in [9.17, 15) is 5.11 Å². The Morgan fingerprint density at radius 1 is 1.29 bits per heavy atom. The Balaban J connectivity index is 1.96. The summed E-state index contributed by atoms with van der Waals surface area (Å²) in [5, 5.41) is 16.8. The number of rotatable bonds is 4. The maximum Gasteiger partial charge on any atom is 0.119 e. The zero-order valence-electron chi connectivity index (χ0n) is 12.2. The van der Waals surface area contributed by atoms with Gasteiger partial charge in [0, 0.05) is 25.2 Å². The lowest BCUT2D eigenvalue weighted by molar-refractivity contribution is 0.179. The van der Waals surface area contributed by atoms with Gasteiger partial charge in [-0.2, -0.15) is 5.10 Å². The van der Waals surface area contributed by atoms with Crippen LogP contribution in [0.4, 0.5) is 0 Å². The fraction of sp³-hybridized carbons (Fsp3) is 0.235. The molecule has 0 aliphatic heterocycles. The minimum absolute atomic E-state index is 0.552. The van der Waals surface area contributed by atoms with Crippen molar-refractivity contribution in [2.45, 2.75) is 12.5 Å².